The first-order valence-electron chi connectivity index (χ1n) is 13.7. The molecule has 3 aromatic carbocycles. The third-order valence-corrected chi connectivity index (χ3v) is 6.63. The van der Waals surface area contributed by atoms with Gasteiger partial charge in [-0.05, 0) is 60.7 Å². The molecular formula is C32H30FN7O7. The van der Waals surface area contributed by atoms with E-state index in [1.165, 1.54) is 50.7 Å². The summed E-state index contributed by atoms with van der Waals surface area (Å²) in [6.07, 6.45) is 1.50. The lowest BCUT2D eigenvalue weighted by atomic mass is 10.0. The molecule has 5 rings (SSSR count). The van der Waals surface area contributed by atoms with Crippen LogP contribution < -0.4 is 25.8 Å². The van der Waals surface area contributed by atoms with Crippen LogP contribution in [0.15, 0.2) is 89.9 Å². The number of aromatic carboxylic acids is 1. The first-order chi connectivity index (χ1) is 22.4. The summed E-state index contributed by atoms with van der Waals surface area (Å²) in [5.41, 5.74) is 6.73. The normalized spacial score (nSPS) is 11.1. The van der Waals surface area contributed by atoms with Gasteiger partial charge in [-0.25, -0.2) is 19.0 Å². The molecule has 0 aliphatic carbocycles. The van der Waals surface area contributed by atoms with Crippen molar-refractivity contribution in [2.24, 2.45) is 5.73 Å². The van der Waals surface area contributed by atoms with Crippen LogP contribution in [0.3, 0.4) is 0 Å². The molecule has 2 heterocycles. The summed E-state index contributed by atoms with van der Waals surface area (Å²) < 4.78 is 26.4. The summed E-state index contributed by atoms with van der Waals surface area (Å²) in [6.45, 7) is 1.08. The van der Waals surface area contributed by atoms with Gasteiger partial charge in [0, 0.05) is 35.6 Å². The molecule has 242 valence electrons. The van der Waals surface area contributed by atoms with Crippen molar-refractivity contribution in [2.45, 2.75) is 13.0 Å². The lowest BCUT2D eigenvalue weighted by Crippen LogP contribution is -2.27. The van der Waals surface area contributed by atoms with Crippen LogP contribution in [0.25, 0.3) is 5.69 Å². The molecular weight excluding hydrogens is 613 g/mol. The third kappa shape index (κ3) is 7.59. The Hall–Kier alpha value is -6.51. The van der Waals surface area contributed by atoms with Crippen LogP contribution in [0, 0.1) is 11.2 Å². The van der Waals surface area contributed by atoms with E-state index in [4.69, 9.17) is 30.5 Å². The highest BCUT2D eigenvalue weighted by molar-refractivity contribution is 5.95. The van der Waals surface area contributed by atoms with Crippen molar-refractivity contribution in [3.8, 4) is 17.3 Å². The van der Waals surface area contributed by atoms with Gasteiger partial charge < -0.3 is 30.3 Å². The zero-order valence-electron chi connectivity index (χ0n) is 25.3. The second-order valence-corrected chi connectivity index (χ2v) is 9.76. The molecule has 1 unspecified atom stereocenters. The lowest BCUT2D eigenvalue weighted by Gasteiger charge is -2.33. The fraction of sp³-hybridized carbons (Fsp3) is 0.125. The Kier molecular flexibility index (Phi) is 10.3. The number of aromatic amines is 1. The molecule has 0 aliphatic rings. The largest absolute Gasteiger partial charge is 0.491 e. The Morgan fingerprint density at radius 2 is 1.68 bits per heavy atom. The summed E-state index contributed by atoms with van der Waals surface area (Å²) in [6, 6.07) is 19.1. The van der Waals surface area contributed by atoms with Gasteiger partial charge in [-0.2, -0.15) is 4.68 Å². The van der Waals surface area contributed by atoms with Crippen LogP contribution in [-0.4, -0.2) is 62.0 Å². The van der Waals surface area contributed by atoms with Crippen LogP contribution in [0.2, 0.25) is 0 Å². The Balaban J connectivity index is 0.00000118. The van der Waals surface area contributed by atoms with Crippen LogP contribution >= 0.6 is 0 Å². The number of pyridine rings is 1. The molecule has 0 amide bonds. The predicted octanol–water partition coefficient (Wildman–Crippen LogP) is 4.11. The number of benzene rings is 3. The molecule has 2 aromatic heterocycles. The number of nitrogen functional groups attached to an aromatic ring is 1. The minimum atomic E-state index is -1.24. The second kappa shape index (κ2) is 14.5. The number of halogens is 1. The zero-order chi connectivity index (χ0) is 34.2. The number of nitrogens with two attached hydrogens (primary N) is 1. The van der Waals surface area contributed by atoms with Gasteiger partial charge in [0.2, 0.25) is 0 Å². The number of carboxylic acids is 2. The maximum atomic E-state index is 14.7. The number of carbonyl (C=O) groups is 2. The smallest absolute Gasteiger partial charge is 0.348 e. The number of hydrogen-bond donors (Lipinski definition) is 5. The average Bonchev–Trinajstić information content (AvgIpc) is 3.43. The standard InChI is InChI=1S/C30H26FN7O5.C2H4O2/c1-42-24-14-18(16-34-28(24)43-2)25(27-35-30(41)38(36-27)23-9-4-3-8-22(23)29(39)40)37(21-7-5-6-19(31)15-21)20-12-10-17(11-13-20)26(32)33;1-2(3)4/h3-16,25H,1-2H3,(H3,32,33)(H,39,40)(H,35,36,41);1H3,(H,3,4). The molecule has 0 fully saturated rings. The number of H-pyrrole nitrogens is 1. The van der Waals surface area contributed by atoms with Crippen LogP contribution in [0.5, 0.6) is 11.6 Å². The van der Waals surface area contributed by atoms with E-state index in [0.29, 0.717) is 22.5 Å². The zero-order valence-corrected chi connectivity index (χ0v) is 25.3. The van der Waals surface area contributed by atoms with Gasteiger partial charge in [0.25, 0.3) is 11.8 Å². The fourth-order valence-electron chi connectivity index (χ4n) is 4.67. The molecule has 0 aliphatic heterocycles. The molecule has 1 atom stereocenters. The van der Waals surface area contributed by atoms with E-state index in [2.05, 4.69) is 15.1 Å². The van der Waals surface area contributed by atoms with E-state index in [-0.39, 0.29) is 34.5 Å². The van der Waals surface area contributed by atoms with Crippen molar-refractivity contribution in [3.63, 3.8) is 0 Å². The number of anilines is 2. The Morgan fingerprint density at radius 3 is 2.28 bits per heavy atom. The first-order valence-corrected chi connectivity index (χ1v) is 13.7. The van der Waals surface area contributed by atoms with Crippen LogP contribution in [-0.2, 0) is 4.79 Å². The number of carboxylic acid groups (broad SMARTS) is 2. The van der Waals surface area contributed by atoms with Gasteiger partial charge in [-0.3, -0.25) is 15.2 Å². The molecule has 0 saturated heterocycles. The number of rotatable bonds is 10. The topological polar surface area (TPSA) is 210 Å². The van der Waals surface area contributed by atoms with Crippen molar-refractivity contribution in [3.05, 3.63) is 124 Å². The van der Waals surface area contributed by atoms with Gasteiger partial charge in [0.15, 0.2) is 11.6 Å². The quantitative estimate of drug-likeness (QED) is 0.108. The first kappa shape index (κ1) is 33.4. The molecule has 0 spiro atoms. The SMILES string of the molecule is CC(=O)O.COc1cc(C(c2nn(-c3ccccc3C(=O)O)c(=O)[nH]2)N(c2ccc(C(=N)N)cc2)c2cccc(F)c2)cnc1OC. The molecule has 0 radical (unpaired) electrons. The number of nitrogens with one attached hydrogen (secondary N) is 2. The van der Waals surface area contributed by atoms with Crippen molar-refractivity contribution in [1.29, 1.82) is 5.41 Å². The van der Waals surface area contributed by atoms with E-state index >= 15 is 0 Å². The molecule has 47 heavy (non-hydrogen) atoms. The van der Waals surface area contributed by atoms with Crippen molar-refractivity contribution >= 4 is 29.1 Å². The number of amidine groups is 1. The minimum Gasteiger partial charge on any atom is -0.491 e. The van der Waals surface area contributed by atoms with Gasteiger partial charge in [-0.15, -0.1) is 5.10 Å². The second-order valence-electron chi connectivity index (χ2n) is 9.76. The van der Waals surface area contributed by atoms with Gasteiger partial charge in [0.05, 0.1) is 25.5 Å². The Morgan fingerprint density at radius 1 is 1.00 bits per heavy atom. The number of para-hydroxylation sites is 1. The number of hydrogen-bond acceptors (Lipinski definition) is 9. The summed E-state index contributed by atoms with van der Waals surface area (Å²) in [5.74, 6) is -2.14. The van der Waals surface area contributed by atoms with Crippen LogP contribution in [0.4, 0.5) is 15.8 Å². The number of aliphatic carboxylic acids is 1. The highest BCUT2D eigenvalue weighted by Gasteiger charge is 2.31. The summed E-state index contributed by atoms with van der Waals surface area (Å²) in [7, 11) is 2.89. The van der Waals surface area contributed by atoms with Crippen LogP contribution in [0.1, 0.15) is 40.3 Å². The summed E-state index contributed by atoms with van der Waals surface area (Å²) in [5, 5.41) is 29.5. The highest BCUT2D eigenvalue weighted by atomic mass is 19.1. The van der Waals surface area contributed by atoms with Crippen molar-refractivity contribution in [2.75, 3.05) is 19.1 Å². The van der Waals surface area contributed by atoms with Gasteiger partial charge >= 0.3 is 11.7 Å². The van der Waals surface area contributed by atoms with Crippen molar-refractivity contribution in [1.82, 2.24) is 19.7 Å². The van der Waals surface area contributed by atoms with E-state index in [1.54, 1.807) is 53.4 Å². The van der Waals surface area contributed by atoms with E-state index < -0.39 is 29.5 Å². The number of methoxy groups -OCH3 is 2. The molecule has 0 bridgehead atoms. The number of nitrogens with zero attached hydrogens (tertiary/aromatic N) is 4. The van der Waals surface area contributed by atoms with E-state index in [0.717, 1.165) is 11.6 Å². The number of ether oxygens (including phenoxy) is 2. The lowest BCUT2D eigenvalue weighted by molar-refractivity contribution is -0.134. The number of aromatic nitrogens is 4. The molecule has 5 aromatic rings. The van der Waals surface area contributed by atoms with Crippen molar-refractivity contribution < 1.29 is 33.7 Å². The maximum absolute atomic E-state index is 14.7. The average molecular weight is 644 g/mol. The minimum absolute atomic E-state index is 0.0507. The molecule has 6 N–H and O–H groups in total. The monoisotopic (exact) mass is 643 g/mol. The summed E-state index contributed by atoms with van der Waals surface area (Å²) in [4.78, 5) is 43.1. The highest BCUT2D eigenvalue weighted by Crippen LogP contribution is 2.40. The Bertz CT molecular complexity index is 1970. The third-order valence-electron chi connectivity index (χ3n) is 6.63. The van der Waals surface area contributed by atoms with Gasteiger partial charge in [0.1, 0.15) is 17.7 Å². The predicted molar refractivity (Wildman–Crippen MR) is 170 cm³/mol. The maximum Gasteiger partial charge on any atom is 0.348 e. The summed E-state index contributed by atoms with van der Waals surface area (Å²) >= 11 is 0. The Labute approximate surface area is 267 Å². The van der Waals surface area contributed by atoms with E-state index in [9.17, 15) is 19.1 Å². The molecule has 15 heteroatoms. The molecule has 14 nitrogen and oxygen atoms in total. The van der Waals surface area contributed by atoms with E-state index in [1.807, 2.05) is 0 Å². The molecule has 0 saturated carbocycles. The fourth-order valence-corrected chi connectivity index (χ4v) is 4.67. The van der Waals surface area contributed by atoms with Gasteiger partial charge in [-0.1, -0.05) is 18.2 Å².